The van der Waals surface area contributed by atoms with Gasteiger partial charge in [0.05, 0.1) is 37.2 Å². The van der Waals surface area contributed by atoms with E-state index < -0.39 is 17.5 Å². The van der Waals surface area contributed by atoms with E-state index in [9.17, 15) is 24.4 Å². The first-order valence-corrected chi connectivity index (χ1v) is 21.8. The number of anilines is 2. The number of amides is 4. The van der Waals surface area contributed by atoms with Gasteiger partial charge in [-0.3, -0.25) is 24.1 Å². The molecule has 0 bridgehead atoms. The molecule has 0 aliphatic carbocycles. The normalized spacial score (nSPS) is 15.5. The number of likely N-dealkylation sites (tertiary alicyclic amines) is 1. The maximum absolute atomic E-state index is 13.7. The summed E-state index contributed by atoms with van der Waals surface area (Å²) in [5.74, 6) is 0.657. The van der Waals surface area contributed by atoms with E-state index in [0.717, 1.165) is 39.4 Å². The zero-order valence-corrected chi connectivity index (χ0v) is 37.6. The van der Waals surface area contributed by atoms with Gasteiger partial charge >= 0.3 is 0 Å². The topological polar surface area (TPSA) is 180 Å². The molecular formula is C49H51N7O8S. The zero-order chi connectivity index (χ0) is 46.1. The molecule has 16 heteroatoms. The lowest BCUT2D eigenvalue weighted by atomic mass is 10.0. The minimum Gasteiger partial charge on any atom is -0.495 e. The summed E-state index contributed by atoms with van der Waals surface area (Å²) in [7, 11) is 1.48. The van der Waals surface area contributed by atoms with E-state index >= 15 is 0 Å². The highest BCUT2D eigenvalue weighted by Gasteiger charge is 2.50. The number of unbranched alkanes of at least 4 members (excludes halogenated alkanes) is 1. The van der Waals surface area contributed by atoms with Gasteiger partial charge in [0.1, 0.15) is 35.8 Å². The van der Waals surface area contributed by atoms with Crippen molar-refractivity contribution in [3.63, 3.8) is 0 Å². The number of carbonyl (C=O) groups excluding carboxylic acids is 4. The number of hydrogen-bond donors (Lipinski definition) is 2. The predicted octanol–water partition coefficient (Wildman–Crippen LogP) is 6.71. The van der Waals surface area contributed by atoms with Crippen LogP contribution in [0.5, 0.6) is 11.5 Å². The average molecular weight is 898 g/mol. The number of rotatable bonds is 18. The van der Waals surface area contributed by atoms with Crippen LogP contribution in [-0.2, 0) is 30.5 Å². The molecule has 0 unspecified atom stereocenters. The Kier molecular flexibility index (Phi) is 14.6. The molecule has 0 radical (unpaired) electrons. The zero-order valence-electron chi connectivity index (χ0n) is 36.8. The van der Waals surface area contributed by atoms with Crippen molar-refractivity contribution in [2.45, 2.75) is 64.6 Å². The number of methoxy groups -OCH3 is 1. The molecule has 15 nitrogen and oxygen atoms in total. The van der Waals surface area contributed by atoms with E-state index in [1.54, 1.807) is 18.2 Å². The second-order valence-electron chi connectivity index (χ2n) is 16.2. The molecule has 0 spiro atoms. The Labute approximate surface area is 383 Å². The fourth-order valence-electron chi connectivity index (χ4n) is 7.90. The van der Waals surface area contributed by atoms with E-state index in [-0.39, 0.29) is 30.9 Å². The molecule has 2 fully saturated rings. The van der Waals surface area contributed by atoms with Gasteiger partial charge in [-0.05, 0) is 112 Å². The van der Waals surface area contributed by atoms with Crippen molar-refractivity contribution >= 4 is 52.3 Å². The highest BCUT2D eigenvalue weighted by atomic mass is 32.1. The second kappa shape index (κ2) is 20.6. The number of nitrogens with zero attached hydrogens (tertiary/aromatic N) is 5. The van der Waals surface area contributed by atoms with E-state index in [2.05, 4.69) is 21.7 Å². The summed E-state index contributed by atoms with van der Waals surface area (Å²) >= 11 is 5.84. The number of hydrogen-bond acceptors (Lipinski definition) is 11. The molecule has 7 rings (SSSR count). The van der Waals surface area contributed by atoms with Crippen LogP contribution in [-0.4, -0.2) is 90.2 Å². The van der Waals surface area contributed by atoms with Crippen molar-refractivity contribution in [1.29, 1.82) is 5.26 Å². The van der Waals surface area contributed by atoms with Gasteiger partial charge in [-0.2, -0.15) is 5.26 Å². The van der Waals surface area contributed by atoms with Crippen molar-refractivity contribution in [1.82, 2.24) is 20.5 Å². The van der Waals surface area contributed by atoms with E-state index in [1.165, 1.54) is 23.3 Å². The Bertz CT molecular complexity index is 2570. The molecule has 2 aliphatic heterocycles. The van der Waals surface area contributed by atoms with Crippen LogP contribution >= 0.6 is 12.2 Å². The number of ether oxygens (including phenoxy) is 3. The lowest BCUT2D eigenvalue weighted by molar-refractivity contribution is -0.139. The van der Waals surface area contributed by atoms with Gasteiger partial charge in [0.2, 0.25) is 17.7 Å². The van der Waals surface area contributed by atoms with Crippen molar-refractivity contribution in [2.75, 3.05) is 49.8 Å². The molecule has 3 heterocycles. The monoisotopic (exact) mass is 897 g/mol. The van der Waals surface area contributed by atoms with Gasteiger partial charge in [0, 0.05) is 37.0 Å². The molecule has 336 valence electrons. The molecule has 2 N–H and O–H groups in total. The Balaban J connectivity index is 0.782. The highest BCUT2D eigenvalue weighted by molar-refractivity contribution is 7.81. The van der Waals surface area contributed by atoms with Gasteiger partial charge in [0.15, 0.2) is 17.3 Å². The summed E-state index contributed by atoms with van der Waals surface area (Å²) < 4.78 is 22.3. The van der Waals surface area contributed by atoms with Crippen molar-refractivity contribution in [3.8, 4) is 40.0 Å². The first-order valence-electron chi connectivity index (χ1n) is 21.4. The number of aromatic nitrogens is 1. The van der Waals surface area contributed by atoms with Crippen LogP contribution in [0.2, 0.25) is 0 Å². The average Bonchev–Trinajstić information content (AvgIpc) is 4.03. The molecule has 65 heavy (non-hydrogen) atoms. The lowest BCUT2D eigenvalue weighted by Gasteiger charge is -2.29. The molecule has 4 aromatic carbocycles. The van der Waals surface area contributed by atoms with E-state index in [4.69, 9.17) is 30.8 Å². The second-order valence-corrected chi connectivity index (χ2v) is 16.6. The van der Waals surface area contributed by atoms with E-state index in [1.807, 2.05) is 98.5 Å². The minimum atomic E-state index is -0.959. The molecule has 2 saturated heterocycles. The van der Waals surface area contributed by atoms with Crippen LogP contribution in [0, 0.1) is 18.3 Å². The molecule has 2 aliphatic rings. The number of aryl methyl sites for hydroxylation is 1. The van der Waals surface area contributed by atoms with Gasteiger partial charge in [-0.1, -0.05) is 48.5 Å². The van der Waals surface area contributed by atoms with Crippen LogP contribution in [0.3, 0.4) is 0 Å². The fraction of sp³-hybridized carbons (Fsp3) is 0.327. The third-order valence-electron chi connectivity index (χ3n) is 11.5. The summed E-state index contributed by atoms with van der Waals surface area (Å²) in [5, 5.41) is 15.3. The van der Waals surface area contributed by atoms with E-state index in [0.29, 0.717) is 79.9 Å². The maximum Gasteiger partial charge on any atom is 0.259 e. The highest BCUT2D eigenvalue weighted by Crippen LogP contribution is 2.38. The summed E-state index contributed by atoms with van der Waals surface area (Å²) in [6.07, 6.45) is 4.06. The molecule has 4 amide bonds. The Hall–Kier alpha value is -7.09. The number of benzene rings is 4. The van der Waals surface area contributed by atoms with Gasteiger partial charge in [0.25, 0.3) is 5.91 Å². The number of thiocarbonyl (C=S) groups is 1. The van der Waals surface area contributed by atoms with Crippen LogP contribution in [0.4, 0.5) is 11.4 Å². The Morgan fingerprint density at radius 3 is 2.28 bits per heavy atom. The third kappa shape index (κ3) is 10.5. The smallest absolute Gasteiger partial charge is 0.259 e. The molecule has 1 aromatic heterocycles. The number of nitrogens with one attached hydrogen (secondary N) is 2. The molecule has 0 saturated carbocycles. The quantitative estimate of drug-likeness (QED) is 0.0703. The summed E-state index contributed by atoms with van der Waals surface area (Å²) in [6.45, 7) is 6.74. The van der Waals surface area contributed by atoms with Crippen molar-refractivity contribution in [3.05, 3.63) is 114 Å². The summed E-state index contributed by atoms with van der Waals surface area (Å²) in [6, 6.07) is 29.7. The first kappa shape index (κ1) is 45.9. The summed E-state index contributed by atoms with van der Waals surface area (Å²) in [4.78, 5) is 61.1. The number of carbonyl (C=O) groups is 4. The minimum absolute atomic E-state index is 0.178. The number of oxazole rings is 1. The fourth-order valence-corrected chi connectivity index (χ4v) is 8.42. The standard InChI is InChI=1S/C49H51N7O8S/c1-32-45(64-31-53-32)36-11-9-33(10-12-36)28-52-46(59)41-8-7-23-54(41)44(58)29-51-43(57)30-62-24-5-6-25-63-40-21-16-35(17-22-40)34-13-18-38(19-14-34)56-48(65)55(47(60)49(56,2)3)39-20-15-37(27-50)42(26-39)61-4/h9-22,26,31,41H,5-8,23-25,28-30H2,1-4H3,(H,51,57)(H,52,59)/t41-/m0/s1. The first-order chi connectivity index (χ1) is 31.4. The Morgan fingerprint density at radius 1 is 0.923 bits per heavy atom. The Morgan fingerprint density at radius 2 is 1.60 bits per heavy atom. The molecule has 1 atom stereocenters. The van der Waals surface area contributed by atoms with Crippen LogP contribution in [0.1, 0.15) is 56.4 Å². The van der Waals surface area contributed by atoms with Gasteiger partial charge in [-0.15, -0.1) is 0 Å². The molecule has 5 aromatic rings. The van der Waals surface area contributed by atoms with Crippen LogP contribution < -0.4 is 29.9 Å². The largest absolute Gasteiger partial charge is 0.495 e. The summed E-state index contributed by atoms with van der Waals surface area (Å²) in [5.41, 5.74) is 5.28. The SMILES string of the molecule is COc1cc(N2C(=O)C(C)(C)N(c3ccc(-c4ccc(OCCCCOCC(=O)NCC(=O)N5CCC[C@H]5C(=O)NCc5ccc(-c6ocnc6C)cc5)cc4)cc3)C2=S)ccc1C#N. The van der Waals surface area contributed by atoms with Crippen LogP contribution in [0.25, 0.3) is 22.5 Å². The lowest BCUT2D eigenvalue weighted by Crippen LogP contribution is -2.49. The molecular weight excluding hydrogens is 847 g/mol. The van der Waals surface area contributed by atoms with Crippen molar-refractivity contribution < 1.29 is 37.8 Å². The number of nitriles is 1. The maximum atomic E-state index is 13.7. The predicted molar refractivity (Wildman–Crippen MR) is 248 cm³/mol. The van der Waals surface area contributed by atoms with Gasteiger partial charge in [-0.25, -0.2) is 4.98 Å². The van der Waals surface area contributed by atoms with Crippen molar-refractivity contribution in [2.24, 2.45) is 0 Å². The van der Waals surface area contributed by atoms with Crippen LogP contribution in [0.15, 0.2) is 102 Å². The third-order valence-corrected chi connectivity index (χ3v) is 11.8. The van der Waals surface area contributed by atoms with Gasteiger partial charge < -0.3 is 39.1 Å².